The minimum atomic E-state index is -1.28. The quantitative estimate of drug-likeness (QED) is 0.577. The van der Waals surface area contributed by atoms with Crippen molar-refractivity contribution in [3.63, 3.8) is 0 Å². The lowest BCUT2D eigenvalue weighted by Crippen LogP contribution is -2.35. The Kier molecular flexibility index (Phi) is 2.15. The first-order valence-corrected chi connectivity index (χ1v) is 3.62. The van der Waals surface area contributed by atoms with E-state index in [4.69, 9.17) is 5.73 Å². The topological polar surface area (TPSA) is 63.3 Å². The van der Waals surface area contributed by atoms with Gasteiger partial charge >= 0.3 is 0 Å². The van der Waals surface area contributed by atoms with Crippen LogP contribution in [0.2, 0.25) is 0 Å². The lowest BCUT2D eigenvalue weighted by Gasteiger charge is -2.25. The molecule has 1 rings (SSSR count). The maximum Gasteiger partial charge on any atom is 0.247 e. The van der Waals surface area contributed by atoms with Crippen molar-refractivity contribution in [3.8, 4) is 0 Å². The summed E-state index contributed by atoms with van der Waals surface area (Å²) in [6.45, 7) is 3.44. The maximum absolute atomic E-state index is 10.7. The first kappa shape index (κ1) is 8.74. The van der Waals surface area contributed by atoms with E-state index < -0.39 is 11.5 Å². The molecule has 0 heterocycles. The van der Waals surface area contributed by atoms with Crippen molar-refractivity contribution >= 4 is 5.91 Å². The summed E-state index contributed by atoms with van der Waals surface area (Å²) in [5, 5.41) is 9.77. The van der Waals surface area contributed by atoms with Gasteiger partial charge in [0.05, 0.1) is 0 Å². The molecule has 0 bridgehead atoms. The van der Waals surface area contributed by atoms with Crippen LogP contribution < -0.4 is 5.73 Å². The summed E-state index contributed by atoms with van der Waals surface area (Å²) in [6.07, 6.45) is 7.08. The third kappa shape index (κ3) is 1.46. The van der Waals surface area contributed by atoms with E-state index >= 15 is 0 Å². The Morgan fingerprint density at radius 1 is 1.58 bits per heavy atom. The number of nitrogens with two attached hydrogens (primary N) is 1. The number of carbonyl (C=O) groups is 1. The summed E-state index contributed by atoms with van der Waals surface area (Å²) in [5.74, 6) is -0.669. The van der Waals surface area contributed by atoms with Gasteiger partial charge in [0.25, 0.3) is 0 Å². The van der Waals surface area contributed by atoms with Crippen LogP contribution in [0.25, 0.3) is 0 Å². The normalized spacial score (nSPS) is 27.1. The molecule has 0 aromatic carbocycles. The van der Waals surface area contributed by atoms with Crippen molar-refractivity contribution < 1.29 is 9.90 Å². The number of aliphatic hydroxyl groups is 1. The van der Waals surface area contributed by atoms with E-state index in [1.54, 1.807) is 18.2 Å². The Morgan fingerprint density at radius 3 is 2.67 bits per heavy atom. The summed E-state index contributed by atoms with van der Waals surface area (Å²) < 4.78 is 0. The fourth-order valence-corrected chi connectivity index (χ4v) is 1.05. The van der Waals surface area contributed by atoms with Gasteiger partial charge in [-0.25, -0.2) is 0 Å². The molecular weight excluding hydrogens is 154 g/mol. The highest BCUT2D eigenvalue weighted by molar-refractivity contribution is 5.94. The third-order valence-corrected chi connectivity index (χ3v) is 1.87. The fraction of sp³-hybridized carbons (Fsp3) is 0.222. The van der Waals surface area contributed by atoms with Gasteiger partial charge in [-0.1, -0.05) is 24.8 Å². The van der Waals surface area contributed by atoms with Gasteiger partial charge in [-0.05, 0) is 6.08 Å². The van der Waals surface area contributed by atoms with Crippen LogP contribution >= 0.6 is 0 Å². The van der Waals surface area contributed by atoms with Gasteiger partial charge in [0.15, 0.2) is 0 Å². The summed E-state index contributed by atoms with van der Waals surface area (Å²) in [7, 11) is 0. The molecule has 0 spiro atoms. The van der Waals surface area contributed by atoms with Crippen LogP contribution in [0.4, 0.5) is 0 Å². The number of hydrogen-bond donors (Lipinski definition) is 2. The highest BCUT2D eigenvalue weighted by Crippen LogP contribution is 2.24. The Morgan fingerprint density at radius 2 is 2.25 bits per heavy atom. The Balaban J connectivity index is 2.86. The number of amides is 1. The second-order valence-electron chi connectivity index (χ2n) is 2.76. The van der Waals surface area contributed by atoms with Gasteiger partial charge in [-0.2, -0.15) is 0 Å². The van der Waals surface area contributed by atoms with Crippen LogP contribution in [-0.2, 0) is 4.79 Å². The zero-order chi connectivity index (χ0) is 9.19. The van der Waals surface area contributed by atoms with Crippen molar-refractivity contribution in [2.45, 2.75) is 12.0 Å². The first-order valence-electron chi connectivity index (χ1n) is 3.62. The lowest BCUT2D eigenvalue weighted by molar-refractivity contribution is -0.116. The molecule has 0 aliphatic heterocycles. The predicted molar refractivity (Wildman–Crippen MR) is 46.2 cm³/mol. The molecule has 0 radical (unpaired) electrons. The monoisotopic (exact) mass is 165 g/mol. The van der Waals surface area contributed by atoms with E-state index in [0.717, 1.165) is 0 Å². The molecule has 0 saturated carbocycles. The average molecular weight is 165 g/mol. The van der Waals surface area contributed by atoms with Crippen molar-refractivity contribution in [2.24, 2.45) is 5.73 Å². The smallest absolute Gasteiger partial charge is 0.247 e. The molecular formula is C9H11NO2. The van der Waals surface area contributed by atoms with Crippen LogP contribution in [-0.4, -0.2) is 16.6 Å². The minimum Gasteiger partial charge on any atom is -0.381 e. The molecule has 1 aliphatic carbocycles. The molecule has 3 N–H and O–H groups in total. The van der Waals surface area contributed by atoms with Crippen LogP contribution in [0.5, 0.6) is 0 Å². The van der Waals surface area contributed by atoms with Crippen LogP contribution in [0, 0.1) is 0 Å². The molecule has 1 aliphatic rings. The number of hydrogen-bond acceptors (Lipinski definition) is 2. The van der Waals surface area contributed by atoms with E-state index in [9.17, 15) is 9.90 Å². The number of carbonyl (C=O) groups excluding carboxylic acids is 1. The highest BCUT2D eigenvalue weighted by atomic mass is 16.3. The SMILES string of the molecule is C=C(C(N)=O)C1(O)C=CC=CC1. The Bertz CT molecular complexity index is 278. The molecule has 3 nitrogen and oxygen atoms in total. The molecule has 1 unspecified atom stereocenters. The second kappa shape index (κ2) is 2.95. The van der Waals surface area contributed by atoms with E-state index in [1.807, 2.05) is 0 Å². The molecule has 1 atom stereocenters. The average Bonchev–Trinajstić information content (AvgIpc) is 2.04. The molecule has 1 amide bonds. The van der Waals surface area contributed by atoms with Gasteiger partial charge in [0, 0.05) is 12.0 Å². The van der Waals surface area contributed by atoms with Crippen molar-refractivity contribution in [1.29, 1.82) is 0 Å². The van der Waals surface area contributed by atoms with Gasteiger partial charge in [-0.3, -0.25) is 4.79 Å². The van der Waals surface area contributed by atoms with Gasteiger partial charge in [0.1, 0.15) is 5.60 Å². The van der Waals surface area contributed by atoms with E-state index in [1.165, 1.54) is 6.08 Å². The van der Waals surface area contributed by atoms with Gasteiger partial charge in [-0.15, -0.1) is 0 Å². The molecule has 12 heavy (non-hydrogen) atoms. The predicted octanol–water partition coefficient (Wildman–Crippen LogP) is 0.275. The fourth-order valence-electron chi connectivity index (χ4n) is 1.05. The third-order valence-electron chi connectivity index (χ3n) is 1.87. The van der Waals surface area contributed by atoms with Gasteiger partial charge < -0.3 is 10.8 Å². The summed E-state index contributed by atoms with van der Waals surface area (Å²) in [4.78, 5) is 10.7. The van der Waals surface area contributed by atoms with E-state index in [0.29, 0.717) is 6.42 Å². The van der Waals surface area contributed by atoms with Crippen molar-refractivity contribution in [2.75, 3.05) is 0 Å². The van der Waals surface area contributed by atoms with E-state index in [-0.39, 0.29) is 5.57 Å². The largest absolute Gasteiger partial charge is 0.381 e. The van der Waals surface area contributed by atoms with Crippen LogP contribution in [0.3, 0.4) is 0 Å². The number of primary amides is 1. The van der Waals surface area contributed by atoms with Crippen molar-refractivity contribution in [3.05, 3.63) is 36.5 Å². The molecule has 0 aromatic rings. The Labute approximate surface area is 70.9 Å². The summed E-state index contributed by atoms with van der Waals surface area (Å²) in [5.41, 5.74) is 3.75. The first-order chi connectivity index (χ1) is 5.56. The molecule has 64 valence electrons. The highest BCUT2D eigenvalue weighted by Gasteiger charge is 2.30. The number of allylic oxidation sites excluding steroid dienone is 2. The minimum absolute atomic E-state index is 0.0306. The summed E-state index contributed by atoms with van der Waals surface area (Å²) in [6, 6.07) is 0. The van der Waals surface area contributed by atoms with Crippen LogP contribution in [0.1, 0.15) is 6.42 Å². The lowest BCUT2D eigenvalue weighted by atomic mass is 9.88. The maximum atomic E-state index is 10.7. The molecule has 3 heteroatoms. The van der Waals surface area contributed by atoms with Gasteiger partial charge in [0.2, 0.25) is 5.91 Å². The molecule has 0 saturated heterocycles. The molecule has 0 aromatic heterocycles. The number of rotatable bonds is 2. The zero-order valence-corrected chi connectivity index (χ0v) is 6.66. The Hall–Kier alpha value is -1.35. The summed E-state index contributed by atoms with van der Waals surface area (Å²) >= 11 is 0. The zero-order valence-electron chi connectivity index (χ0n) is 6.66. The van der Waals surface area contributed by atoms with E-state index in [2.05, 4.69) is 6.58 Å². The molecule has 0 fully saturated rings. The second-order valence-corrected chi connectivity index (χ2v) is 2.76. The van der Waals surface area contributed by atoms with Crippen LogP contribution in [0.15, 0.2) is 36.5 Å². The standard InChI is InChI=1S/C9H11NO2/c1-7(8(10)11)9(12)5-3-2-4-6-9/h2-5,12H,1,6H2,(H2,10,11). The van der Waals surface area contributed by atoms with Crippen molar-refractivity contribution in [1.82, 2.24) is 0 Å².